The van der Waals surface area contributed by atoms with Gasteiger partial charge >= 0.3 is 0 Å². The topological polar surface area (TPSA) is 15.3 Å². The molecule has 1 N–H and O–H groups in total. The highest BCUT2D eigenvalue weighted by molar-refractivity contribution is 6.42. The van der Waals surface area contributed by atoms with Crippen molar-refractivity contribution in [3.8, 4) is 0 Å². The Labute approximate surface area is 119 Å². The Kier molecular flexibility index (Phi) is 4.91. The number of nitrogens with zero attached hydrogens (tertiary/aromatic N) is 1. The molecule has 1 saturated heterocycles. The van der Waals surface area contributed by atoms with Gasteiger partial charge in [-0.2, -0.15) is 0 Å². The largest absolute Gasteiger partial charge is 0.311 e. The lowest BCUT2D eigenvalue weighted by atomic mass is 10.0. The van der Waals surface area contributed by atoms with Crippen molar-refractivity contribution in [1.82, 2.24) is 10.2 Å². The number of rotatable bonds is 3. The number of halogens is 2. The SMILES string of the molecule is CC(C)C1CN(Cc2cccc(Cl)c2Cl)CCN1. The summed E-state index contributed by atoms with van der Waals surface area (Å²) in [5.74, 6) is 0.655. The average Bonchev–Trinajstić information content (AvgIpc) is 2.35. The van der Waals surface area contributed by atoms with Crippen LogP contribution in [-0.2, 0) is 6.54 Å². The number of hydrogen-bond donors (Lipinski definition) is 1. The maximum absolute atomic E-state index is 6.24. The first kappa shape index (κ1) is 14.1. The van der Waals surface area contributed by atoms with Crippen LogP contribution in [-0.4, -0.2) is 30.6 Å². The Hall–Kier alpha value is -0.280. The van der Waals surface area contributed by atoms with Crippen LogP contribution in [0.3, 0.4) is 0 Å². The van der Waals surface area contributed by atoms with Crippen LogP contribution in [0.2, 0.25) is 10.0 Å². The van der Waals surface area contributed by atoms with E-state index < -0.39 is 0 Å². The zero-order valence-electron chi connectivity index (χ0n) is 10.9. The van der Waals surface area contributed by atoms with E-state index in [4.69, 9.17) is 23.2 Å². The average molecular weight is 287 g/mol. The minimum absolute atomic E-state index is 0.566. The van der Waals surface area contributed by atoms with Crippen LogP contribution in [0.25, 0.3) is 0 Å². The molecule has 1 atom stereocenters. The molecule has 1 fully saturated rings. The van der Waals surface area contributed by atoms with Crippen LogP contribution in [0.4, 0.5) is 0 Å². The summed E-state index contributed by atoms with van der Waals surface area (Å²) in [7, 11) is 0. The molecule has 1 unspecified atom stereocenters. The predicted octanol–water partition coefficient (Wildman–Crippen LogP) is 3.42. The molecule has 0 spiro atoms. The second kappa shape index (κ2) is 6.25. The molecule has 1 aromatic rings. The highest BCUT2D eigenvalue weighted by Gasteiger charge is 2.22. The first-order valence-electron chi connectivity index (χ1n) is 6.46. The first-order valence-corrected chi connectivity index (χ1v) is 7.22. The number of piperazine rings is 1. The molecule has 0 amide bonds. The van der Waals surface area contributed by atoms with Crippen LogP contribution in [0, 0.1) is 5.92 Å². The lowest BCUT2D eigenvalue weighted by Crippen LogP contribution is -2.52. The van der Waals surface area contributed by atoms with Crippen LogP contribution >= 0.6 is 23.2 Å². The summed E-state index contributed by atoms with van der Waals surface area (Å²) in [5, 5.41) is 4.90. The molecule has 18 heavy (non-hydrogen) atoms. The smallest absolute Gasteiger partial charge is 0.0637 e. The van der Waals surface area contributed by atoms with E-state index in [1.54, 1.807) is 0 Å². The standard InChI is InChI=1S/C14H20Cl2N2/c1-10(2)13-9-18(7-6-17-13)8-11-4-3-5-12(15)14(11)16/h3-5,10,13,17H,6-9H2,1-2H3. The Morgan fingerprint density at radius 2 is 2.17 bits per heavy atom. The van der Waals surface area contributed by atoms with E-state index in [1.807, 2.05) is 12.1 Å². The van der Waals surface area contributed by atoms with Gasteiger partial charge in [0, 0.05) is 32.2 Å². The lowest BCUT2D eigenvalue weighted by Gasteiger charge is -2.35. The Morgan fingerprint density at radius 3 is 2.89 bits per heavy atom. The van der Waals surface area contributed by atoms with Crippen molar-refractivity contribution in [1.29, 1.82) is 0 Å². The van der Waals surface area contributed by atoms with Crippen molar-refractivity contribution in [3.05, 3.63) is 33.8 Å². The fourth-order valence-corrected chi connectivity index (χ4v) is 2.72. The Balaban J connectivity index is 2.03. The fourth-order valence-electron chi connectivity index (χ4n) is 2.34. The molecule has 100 valence electrons. The molecule has 2 nitrogen and oxygen atoms in total. The van der Waals surface area contributed by atoms with Crippen molar-refractivity contribution in [3.63, 3.8) is 0 Å². The van der Waals surface area contributed by atoms with Crippen molar-refractivity contribution in [2.24, 2.45) is 5.92 Å². The van der Waals surface area contributed by atoms with E-state index in [1.165, 1.54) is 0 Å². The van der Waals surface area contributed by atoms with E-state index >= 15 is 0 Å². The molecule has 1 heterocycles. The van der Waals surface area contributed by atoms with Crippen LogP contribution in [0.5, 0.6) is 0 Å². The van der Waals surface area contributed by atoms with Gasteiger partial charge in [0.2, 0.25) is 0 Å². The molecule has 1 aliphatic rings. The van der Waals surface area contributed by atoms with E-state index in [2.05, 4.69) is 30.1 Å². The van der Waals surface area contributed by atoms with Crippen molar-refractivity contribution < 1.29 is 0 Å². The van der Waals surface area contributed by atoms with E-state index in [9.17, 15) is 0 Å². The Morgan fingerprint density at radius 1 is 1.39 bits per heavy atom. The quantitative estimate of drug-likeness (QED) is 0.916. The molecule has 0 radical (unpaired) electrons. The van der Waals surface area contributed by atoms with Gasteiger partial charge in [-0.1, -0.05) is 49.2 Å². The fraction of sp³-hybridized carbons (Fsp3) is 0.571. The molecule has 2 rings (SSSR count). The summed E-state index contributed by atoms with van der Waals surface area (Å²) in [6.07, 6.45) is 0. The first-order chi connectivity index (χ1) is 8.58. The summed E-state index contributed by atoms with van der Waals surface area (Å²) in [6.45, 7) is 8.57. The lowest BCUT2D eigenvalue weighted by molar-refractivity contribution is 0.168. The number of benzene rings is 1. The predicted molar refractivity (Wildman–Crippen MR) is 78.4 cm³/mol. The van der Waals surface area contributed by atoms with E-state index in [0.29, 0.717) is 22.0 Å². The monoisotopic (exact) mass is 286 g/mol. The van der Waals surface area contributed by atoms with Gasteiger partial charge in [-0.3, -0.25) is 4.90 Å². The van der Waals surface area contributed by atoms with Crippen molar-refractivity contribution in [2.75, 3.05) is 19.6 Å². The summed E-state index contributed by atoms with van der Waals surface area (Å²) >= 11 is 12.3. The Bertz CT molecular complexity index is 407. The maximum atomic E-state index is 6.24. The van der Waals surface area contributed by atoms with Crippen LogP contribution in [0.15, 0.2) is 18.2 Å². The third kappa shape index (κ3) is 3.39. The highest BCUT2D eigenvalue weighted by Crippen LogP contribution is 2.26. The summed E-state index contributed by atoms with van der Waals surface area (Å²) in [5.41, 5.74) is 1.12. The molecule has 0 aromatic heterocycles. The molecule has 0 bridgehead atoms. The van der Waals surface area contributed by atoms with Gasteiger partial charge in [0.15, 0.2) is 0 Å². The van der Waals surface area contributed by atoms with E-state index in [-0.39, 0.29) is 0 Å². The second-order valence-electron chi connectivity index (χ2n) is 5.25. The summed E-state index contributed by atoms with van der Waals surface area (Å²) < 4.78 is 0. The van der Waals surface area contributed by atoms with Gasteiger partial charge in [0.05, 0.1) is 10.0 Å². The van der Waals surface area contributed by atoms with Gasteiger partial charge in [-0.15, -0.1) is 0 Å². The van der Waals surface area contributed by atoms with Crippen LogP contribution < -0.4 is 5.32 Å². The zero-order chi connectivity index (χ0) is 13.1. The number of hydrogen-bond acceptors (Lipinski definition) is 2. The summed E-state index contributed by atoms with van der Waals surface area (Å²) in [6, 6.07) is 6.42. The van der Waals surface area contributed by atoms with Gasteiger partial charge < -0.3 is 5.32 Å². The van der Waals surface area contributed by atoms with Gasteiger partial charge in [0.25, 0.3) is 0 Å². The molecule has 1 aromatic carbocycles. The molecular weight excluding hydrogens is 267 g/mol. The van der Waals surface area contributed by atoms with Gasteiger partial charge in [-0.25, -0.2) is 0 Å². The van der Waals surface area contributed by atoms with E-state index in [0.717, 1.165) is 31.7 Å². The highest BCUT2D eigenvalue weighted by atomic mass is 35.5. The number of nitrogens with one attached hydrogen (secondary N) is 1. The van der Waals surface area contributed by atoms with Crippen molar-refractivity contribution in [2.45, 2.75) is 26.4 Å². The third-order valence-corrected chi connectivity index (χ3v) is 4.38. The zero-order valence-corrected chi connectivity index (χ0v) is 12.4. The molecule has 1 aliphatic heterocycles. The normalized spacial score (nSPS) is 21.5. The minimum Gasteiger partial charge on any atom is -0.311 e. The maximum Gasteiger partial charge on any atom is 0.0637 e. The molecule has 0 saturated carbocycles. The van der Waals surface area contributed by atoms with Gasteiger partial charge in [-0.05, 0) is 17.5 Å². The summed E-state index contributed by atoms with van der Waals surface area (Å²) in [4.78, 5) is 2.44. The van der Waals surface area contributed by atoms with Gasteiger partial charge in [0.1, 0.15) is 0 Å². The minimum atomic E-state index is 0.566. The molecule has 4 heteroatoms. The van der Waals surface area contributed by atoms with Crippen molar-refractivity contribution >= 4 is 23.2 Å². The van der Waals surface area contributed by atoms with Crippen LogP contribution in [0.1, 0.15) is 19.4 Å². The molecular formula is C14H20Cl2N2. The second-order valence-corrected chi connectivity index (χ2v) is 6.04. The third-order valence-electron chi connectivity index (χ3n) is 3.52. The molecule has 0 aliphatic carbocycles.